The van der Waals surface area contributed by atoms with Gasteiger partial charge in [0.05, 0.1) is 5.69 Å². The van der Waals surface area contributed by atoms with E-state index in [2.05, 4.69) is 12.2 Å². The maximum Gasteiger partial charge on any atom is 0.204 e. The highest BCUT2D eigenvalue weighted by atomic mass is 35.5. The van der Waals surface area contributed by atoms with Crippen LogP contribution in [0.1, 0.15) is 5.56 Å². The van der Waals surface area contributed by atoms with Crippen LogP contribution >= 0.6 is 23.8 Å². The molecule has 0 bridgehead atoms. The molecule has 0 atom stereocenters. The van der Waals surface area contributed by atoms with Crippen molar-refractivity contribution in [2.24, 2.45) is 0 Å². The summed E-state index contributed by atoms with van der Waals surface area (Å²) in [4.78, 5) is 0. The van der Waals surface area contributed by atoms with Gasteiger partial charge >= 0.3 is 0 Å². The molecule has 0 radical (unpaired) electrons. The molecule has 1 nitrogen and oxygen atoms in total. The summed E-state index contributed by atoms with van der Waals surface area (Å²) in [5.74, 6) is 0. The molecule has 1 aromatic carbocycles. The van der Waals surface area contributed by atoms with E-state index in [0.717, 1.165) is 5.56 Å². The highest BCUT2D eigenvalue weighted by molar-refractivity contribution is 7.83. The lowest BCUT2D eigenvalue weighted by atomic mass is 10.2. The Labute approximate surface area is 80.7 Å². The Balaban J connectivity index is 2.95. The third-order valence-corrected chi connectivity index (χ3v) is 1.69. The molecule has 0 unspecified atom stereocenters. The fourth-order valence-electron chi connectivity index (χ4n) is 0.852. The normalized spacial score (nSPS) is 9.58. The Hall–Kier alpha value is -0.670. The van der Waals surface area contributed by atoms with Crippen LogP contribution in [0.4, 0.5) is 10.2 Å². The van der Waals surface area contributed by atoms with Gasteiger partial charge in [-0.15, -0.1) is 0 Å². The fourth-order valence-corrected chi connectivity index (χ4v) is 1.05. The average Bonchev–Trinajstić information content (AvgIpc) is 2.03. The first kappa shape index (κ1) is 9.42. The Morgan fingerprint density at radius 3 is 2.75 bits per heavy atom. The summed E-state index contributed by atoms with van der Waals surface area (Å²) in [6, 6.07) is 6.87. The number of benzene rings is 1. The number of hydrogen-bond donors (Lipinski definition) is 0. The van der Waals surface area contributed by atoms with E-state index in [9.17, 15) is 4.48 Å². The summed E-state index contributed by atoms with van der Waals surface area (Å²) < 4.78 is 12.7. The molecule has 0 N–H and O–H groups in total. The van der Waals surface area contributed by atoms with Gasteiger partial charge in [0.1, 0.15) is 0 Å². The molecular formula is C8H7ClFNS. The summed E-state index contributed by atoms with van der Waals surface area (Å²) in [5.41, 5.74) is 1.32. The molecule has 0 aromatic heterocycles. The van der Waals surface area contributed by atoms with Crippen LogP contribution in [0, 0.1) is 6.92 Å². The Bertz CT molecular complexity index is 303. The van der Waals surface area contributed by atoms with E-state index in [1.807, 2.05) is 13.0 Å². The first-order chi connectivity index (χ1) is 5.61. The number of aryl methyl sites for hydroxylation is 1. The predicted octanol–water partition coefficient (Wildman–Crippen LogP) is 3.21. The molecule has 12 heavy (non-hydrogen) atoms. The summed E-state index contributed by atoms with van der Waals surface area (Å²) in [5, 5.41) is 0.268. The van der Waals surface area contributed by atoms with Crippen molar-refractivity contribution < 1.29 is 4.48 Å². The quantitative estimate of drug-likeness (QED) is 0.299. The largest absolute Gasteiger partial charge is 0.204 e. The van der Waals surface area contributed by atoms with Crippen molar-refractivity contribution in [3.8, 4) is 0 Å². The predicted molar refractivity (Wildman–Crippen MR) is 53.2 cm³/mol. The van der Waals surface area contributed by atoms with Crippen molar-refractivity contribution in [2.75, 3.05) is 5.12 Å². The van der Waals surface area contributed by atoms with E-state index in [1.165, 1.54) is 0 Å². The minimum atomic E-state index is -0.305. The van der Waals surface area contributed by atoms with Crippen LogP contribution in [0.25, 0.3) is 0 Å². The second kappa shape index (κ2) is 3.83. The smallest absolute Gasteiger partial charge is 0.157 e. The maximum absolute atomic E-state index is 13.0. The van der Waals surface area contributed by atoms with E-state index in [4.69, 9.17) is 11.6 Å². The molecule has 4 heteroatoms. The van der Waals surface area contributed by atoms with Gasteiger partial charge in [-0.05, 0) is 48.4 Å². The SMILES string of the molecule is Cc1cccc(N(F)C(=S)Cl)c1. The molecule has 0 aliphatic heterocycles. The van der Waals surface area contributed by atoms with Crippen molar-refractivity contribution in [1.29, 1.82) is 0 Å². The van der Waals surface area contributed by atoms with E-state index >= 15 is 0 Å². The van der Waals surface area contributed by atoms with Crippen LogP contribution < -0.4 is 5.12 Å². The van der Waals surface area contributed by atoms with Gasteiger partial charge in [-0.3, -0.25) is 0 Å². The number of halogens is 2. The van der Waals surface area contributed by atoms with E-state index < -0.39 is 0 Å². The van der Waals surface area contributed by atoms with Crippen LogP contribution in [-0.4, -0.2) is 4.45 Å². The molecule has 1 aromatic rings. The van der Waals surface area contributed by atoms with Crippen molar-refractivity contribution in [3.63, 3.8) is 0 Å². The van der Waals surface area contributed by atoms with Gasteiger partial charge in [-0.25, -0.2) is 0 Å². The lowest BCUT2D eigenvalue weighted by Gasteiger charge is -2.09. The van der Waals surface area contributed by atoms with Gasteiger partial charge in [0.2, 0.25) is 4.45 Å². The third-order valence-electron chi connectivity index (χ3n) is 1.38. The molecule has 64 valence electrons. The monoisotopic (exact) mass is 203 g/mol. The number of nitrogens with zero attached hydrogens (tertiary/aromatic N) is 1. The third kappa shape index (κ3) is 2.16. The zero-order valence-corrected chi connectivity index (χ0v) is 7.99. The van der Waals surface area contributed by atoms with Gasteiger partial charge in [0.25, 0.3) is 0 Å². The summed E-state index contributed by atoms with van der Waals surface area (Å²) >= 11 is 9.76. The van der Waals surface area contributed by atoms with Gasteiger partial charge in [0, 0.05) is 0 Å². The summed E-state index contributed by atoms with van der Waals surface area (Å²) in [7, 11) is 0. The molecule has 0 spiro atoms. The molecular weight excluding hydrogens is 197 g/mol. The van der Waals surface area contributed by atoms with E-state index in [-0.39, 0.29) is 9.57 Å². The Morgan fingerprint density at radius 1 is 1.58 bits per heavy atom. The fraction of sp³-hybridized carbons (Fsp3) is 0.125. The first-order valence-corrected chi connectivity index (χ1v) is 4.12. The number of rotatable bonds is 1. The molecule has 0 saturated heterocycles. The molecule has 0 fully saturated rings. The Kier molecular flexibility index (Phi) is 3.00. The molecule has 1 rings (SSSR count). The second-order valence-corrected chi connectivity index (χ2v) is 3.34. The van der Waals surface area contributed by atoms with E-state index in [1.54, 1.807) is 18.2 Å². The summed E-state index contributed by atoms with van der Waals surface area (Å²) in [6.45, 7) is 1.87. The van der Waals surface area contributed by atoms with Gasteiger partial charge in [-0.2, -0.15) is 5.12 Å². The maximum atomic E-state index is 13.0. The lowest BCUT2D eigenvalue weighted by molar-refractivity contribution is 0.528. The number of anilines is 1. The molecule has 0 amide bonds. The average molecular weight is 204 g/mol. The van der Waals surface area contributed by atoms with Crippen molar-refractivity contribution in [1.82, 2.24) is 0 Å². The molecule has 0 saturated carbocycles. The molecule has 0 aliphatic carbocycles. The molecule has 0 aliphatic rings. The second-order valence-electron chi connectivity index (χ2n) is 2.37. The van der Waals surface area contributed by atoms with Crippen molar-refractivity contribution >= 4 is 34.0 Å². The summed E-state index contributed by atoms with van der Waals surface area (Å²) in [6.07, 6.45) is 0. The minimum Gasteiger partial charge on any atom is -0.157 e. The number of hydrogen-bond acceptors (Lipinski definition) is 1. The first-order valence-electron chi connectivity index (χ1n) is 3.33. The zero-order chi connectivity index (χ0) is 9.14. The highest BCUT2D eigenvalue weighted by Crippen LogP contribution is 2.17. The highest BCUT2D eigenvalue weighted by Gasteiger charge is 2.07. The van der Waals surface area contributed by atoms with Crippen LogP contribution in [0.15, 0.2) is 24.3 Å². The van der Waals surface area contributed by atoms with Crippen LogP contribution in [0.2, 0.25) is 0 Å². The van der Waals surface area contributed by atoms with Gasteiger partial charge in [-0.1, -0.05) is 16.6 Å². The molecule has 0 heterocycles. The van der Waals surface area contributed by atoms with Crippen LogP contribution in [0.5, 0.6) is 0 Å². The van der Waals surface area contributed by atoms with E-state index in [0.29, 0.717) is 5.69 Å². The minimum absolute atomic E-state index is 0.268. The van der Waals surface area contributed by atoms with Gasteiger partial charge in [0.15, 0.2) is 0 Å². The van der Waals surface area contributed by atoms with Crippen LogP contribution in [-0.2, 0) is 0 Å². The van der Waals surface area contributed by atoms with Crippen molar-refractivity contribution in [3.05, 3.63) is 29.8 Å². The zero-order valence-electron chi connectivity index (χ0n) is 6.42. The van der Waals surface area contributed by atoms with Crippen molar-refractivity contribution in [2.45, 2.75) is 6.92 Å². The topological polar surface area (TPSA) is 3.24 Å². The Morgan fingerprint density at radius 2 is 2.25 bits per heavy atom. The lowest BCUT2D eigenvalue weighted by Crippen LogP contribution is -2.13. The van der Waals surface area contributed by atoms with Gasteiger partial charge < -0.3 is 0 Å². The van der Waals surface area contributed by atoms with Crippen LogP contribution in [0.3, 0.4) is 0 Å². The number of thiocarbonyl (C=S) groups is 1. The standard InChI is InChI=1S/C8H7ClFNS/c1-6-3-2-4-7(5-6)11(10)8(9)12/h2-5H,1H3.